The number of carboxylic acid groups (broad SMARTS) is 1. The highest BCUT2D eigenvalue weighted by atomic mass is 16.4. The molecular weight excluding hydrogens is 478 g/mol. The van der Waals surface area contributed by atoms with Gasteiger partial charge in [-0.25, -0.2) is 4.79 Å². The summed E-state index contributed by atoms with van der Waals surface area (Å²) in [4.78, 5) is 53.3. The first-order chi connectivity index (χ1) is 17.5. The average molecular weight is 518 g/mol. The number of nitrogens with one attached hydrogen (secondary N) is 4. The Morgan fingerprint density at radius 1 is 0.973 bits per heavy atom. The summed E-state index contributed by atoms with van der Waals surface area (Å²) in [5.74, 6) is -3.52. The number of benzene rings is 1. The zero-order valence-corrected chi connectivity index (χ0v) is 21.8. The van der Waals surface area contributed by atoms with Gasteiger partial charge in [0.15, 0.2) is 0 Å². The van der Waals surface area contributed by atoms with E-state index in [1.54, 1.807) is 13.1 Å². The van der Waals surface area contributed by atoms with Crippen molar-refractivity contribution < 1.29 is 29.4 Å². The summed E-state index contributed by atoms with van der Waals surface area (Å²) in [6.07, 6.45) is 2.73. The topological polar surface area (TPSA) is 187 Å². The molecule has 0 bridgehead atoms. The van der Waals surface area contributed by atoms with E-state index in [4.69, 9.17) is 5.73 Å². The van der Waals surface area contributed by atoms with E-state index in [1.165, 1.54) is 0 Å². The molecule has 1 aromatic heterocycles. The number of amides is 3. The first kappa shape index (κ1) is 29.8. The molecule has 37 heavy (non-hydrogen) atoms. The highest BCUT2D eigenvalue weighted by Gasteiger charge is 2.32. The van der Waals surface area contributed by atoms with Crippen LogP contribution in [0.5, 0.6) is 0 Å². The Bertz CT molecular complexity index is 1080. The molecule has 0 saturated carbocycles. The first-order valence-corrected chi connectivity index (χ1v) is 12.5. The first-order valence-electron chi connectivity index (χ1n) is 12.5. The monoisotopic (exact) mass is 517 g/mol. The second-order valence-corrected chi connectivity index (χ2v) is 9.81. The Hall–Kier alpha value is -3.44. The third-order valence-electron chi connectivity index (χ3n) is 6.38. The smallest absolute Gasteiger partial charge is 0.326 e. The third-order valence-corrected chi connectivity index (χ3v) is 6.38. The fourth-order valence-electron chi connectivity index (χ4n) is 4.01. The molecule has 204 valence electrons. The second-order valence-electron chi connectivity index (χ2n) is 9.81. The van der Waals surface area contributed by atoms with E-state index in [2.05, 4.69) is 20.9 Å². The van der Waals surface area contributed by atoms with Gasteiger partial charge in [-0.15, -0.1) is 0 Å². The number of H-pyrrole nitrogens is 1. The number of hydrogen-bond donors (Lipinski definition) is 7. The van der Waals surface area contributed by atoms with Crippen LogP contribution in [0.25, 0.3) is 10.9 Å². The van der Waals surface area contributed by atoms with Crippen LogP contribution in [0.1, 0.15) is 46.1 Å². The molecule has 0 aliphatic rings. The number of para-hydroxylation sites is 1. The van der Waals surface area contributed by atoms with Crippen molar-refractivity contribution in [2.45, 2.75) is 71.1 Å². The summed E-state index contributed by atoms with van der Waals surface area (Å²) >= 11 is 0. The summed E-state index contributed by atoms with van der Waals surface area (Å²) in [7, 11) is 0. The van der Waals surface area contributed by atoms with Crippen LogP contribution in [0.3, 0.4) is 0 Å². The maximum Gasteiger partial charge on any atom is 0.326 e. The van der Waals surface area contributed by atoms with E-state index < -0.39 is 54.5 Å². The number of carbonyl (C=O) groups is 4. The van der Waals surface area contributed by atoms with Crippen molar-refractivity contribution in [3.63, 3.8) is 0 Å². The van der Waals surface area contributed by atoms with Crippen LogP contribution in [0.15, 0.2) is 30.5 Å². The molecule has 11 heteroatoms. The maximum absolute atomic E-state index is 12.9. The van der Waals surface area contributed by atoms with E-state index in [-0.39, 0.29) is 24.7 Å². The molecule has 0 fully saturated rings. The lowest BCUT2D eigenvalue weighted by atomic mass is 9.96. The Kier molecular flexibility index (Phi) is 11.1. The average Bonchev–Trinajstić information content (AvgIpc) is 3.26. The minimum Gasteiger partial charge on any atom is -0.480 e. The van der Waals surface area contributed by atoms with Crippen LogP contribution in [-0.4, -0.2) is 69.7 Å². The number of aliphatic hydroxyl groups excluding tert-OH is 1. The van der Waals surface area contributed by atoms with Gasteiger partial charge in [-0.05, 0) is 36.3 Å². The van der Waals surface area contributed by atoms with Crippen molar-refractivity contribution in [2.75, 3.05) is 6.61 Å². The van der Waals surface area contributed by atoms with Gasteiger partial charge in [0.1, 0.15) is 18.1 Å². The lowest BCUT2D eigenvalue weighted by molar-refractivity contribution is -0.143. The van der Waals surface area contributed by atoms with Crippen molar-refractivity contribution in [1.29, 1.82) is 0 Å². The largest absolute Gasteiger partial charge is 0.480 e. The minimum atomic E-state index is -1.34. The van der Waals surface area contributed by atoms with Crippen molar-refractivity contribution in [2.24, 2.45) is 17.6 Å². The van der Waals surface area contributed by atoms with Crippen molar-refractivity contribution in [3.05, 3.63) is 36.0 Å². The molecule has 2 rings (SSSR count). The van der Waals surface area contributed by atoms with Gasteiger partial charge in [0.2, 0.25) is 17.7 Å². The Labute approximate surface area is 216 Å². The second kappa shape index (κ2) is 13.8. The summed E-state index contributed by atoms with van der Waals surface area (Å²) < 4.78 is 0. The predicted octanol–water partition coefficient (Wildman–Crippen LogP) is 0.661. The summed E-state index contributed by atoms with van der Waals surface area (Å²) in [5.41, 5.74) is 7.83. The minimum absolute atomic E-state index is 0.0282. The molecule has 0 radical (unpaired) electrons. The molecular formula is C26H39N5O6. The normalized spacial score (nSPS) is 15.4. The van der Waals surface area contributed by atoms with Crippen molar-refractivity contribution in [3.8, 4) is 0 Å². The fraction of sp³-hybridized carbons (Fsp3) is 0.538. The van der Waals surface area contributed by atoms with Crippen LogP contribution < -0.4 is 21.7 Å². The van der Waals surface area contributed by atoms with E-state index >= 15 is 0 Å². The number of hydrogen-bond acceptors (Lipinski definition) is 6. The molecule has 0 aliphatic heterocycles. The van der Waals surface area contributed by atoms with E-state index in [1.807, 2.05) is 45.0 Å². The number of carboxylic acids is 1. The highest BCUT2D eigenvalue weighted by Crippen LogP contribution is 2.19. The fourth-order valence-corrected chi connectivity index (χ4v) is 4.01. The molecule has 0 aliphatic carbocycles. The SMILES string of the molecule is CCC(C)C(NC(=O)C(CO)NC(=O)C(N)Cc1c[nH]c2ccccc12)C(=O)NC(CC(C)C)C(=O)O. The number of aromatic amines is 1. The molecule has 5 atom stereocenters. The Morgan fingerprint density at radius 2 is 1.62 bits per heavy atom. The number of rotatable bonds is 14. The Balaban J connectivity index is 2.06. The highest BCUT2D eigenvalue weighted by molar-refractivity contribution is 5.94. The molecule has 2 aromatic rings. The van der Waals surface area contributed by atoms with Gasteiger partial charge < -0.3 is 36.9 Å². The van der Waals surface area contributed by atoms with Gasteiger partial charge in [-0.3, -0.25) is 14.4 Å². The summed E-state index contributed by atoms with van der Waals surface area (Å²) in [6, 6.07) is 3.09. The van der Waals surface area contributed by atoms with Crippen LogP contribution in [0.4, 0.5) is 0 Å². The van der Waals surface area contributed by atoms with Gasteiger partial charge in [0, 0.05) is 17.1 Å². The van der Waals surface area contributed by atoms with Crippen molar-refractivity contribution >= 4 is 34.6 Å². The zero-order chi connectivity index (χ0) is 27.7. The zero-order valence-electron chi connectivity index (χ0n) is 21.8. The van der Waals surface area contributed by atoms with Gasteiger partial charge in [0.25, 0.3) is 0 Å². The summed E-state index contributed by atoms with van der Waals surface area (Å²) in [5, 5.41) is 27.7. The number of aliphatic hydroxyl groups is 1. The quantitative estimate of drug-likeness (QED) is 0.192. The van der Waals surface area contributed by atoms with Gasteiger partial charge in [-0.2, -0.15) is 0 Å². The molecule has 1 heterocycles. The van der Waals surface area contributed by atoms with Crippen LogP contribution in [-0.2, 0) is 25.6 Å². The number of aliphatic carboxylic acids is 1. The molecule has 0 saturated heterocycles. The summed E-state index contributed by atoms with van der Waals surface area (Å²) in [6.45, 7) is 6.54. The van der Waals surface area contributed by atoms with E-state index in [9.17, 15) is 29.4 Å². The number of fused-ring (bicyclic) bond motifs is 1. The van der Waals surface area contributed by atoms with Crippen LogP contribution in [0, 0.1) is 11.8 Å². The molecule has 1 aromatic carbocycles. The lowest BCUT2D eigenvalue weighted by Gasteiger charge is -2.28. The van der Waals surface area contributed by atoms with E-state index in [0.717, 1.165) is 16.5 Å². The molecule has 8 N–H and O–H groups in total. The Morgan fingerprint density at radius 3 is 2.22 bits per heavy atom. The number of carbonyl (C=O) groups excluding carboxylic acids is 3. The lowest BCUT2D eigenvalue weighted by Crippen LogP contribution is -2.59. The van der Waals surface area contributed by atoms with Crippen LogP contribution in [0.2, 0.25) is 0 Å². The molecule has 3 amide bonds. The molecule has 11 nitrogen and oxygen atoms in total. The van der Waals surface area contributed by atoms with Gasteiger partial charge in [-0.1, -0.05) is 52.3 Å². The van der Waals surface area contributed by atoms with E-state index in [0.29, 0.717) is 6.42 Å². The molecule has 0 spiro atoms. The molecule has 5 unspecified atom stereocenters. The number of nitrogens with two attached hydrogens (primary N) is 1. The predicted molar refractivity (Wildman–Crippen MR) is 139 cm³/mol. The third kappa shape index (κ3) is 8.29. The van der Waals surface area contributed by atoms with Crippen LogP contribution >= 0.6 is 0 Å². The van der Waals surface area contributed by atoms with Gasteiger partial charge >= 0.3 is 5.97 Å². The standard InChI is InChI=1S/C26H39N5O6/c1-5-15(4)22(25(35)29-20(26(36)37)10-14(2)3)31-24(34)21(13-32)30-23(33)18(27)11-16-12-28-19-9-7-6-8-17(16)19/h6-9,12,14-15,18,20-22,28,32H,5,10-11,13,27H2,1-4H3,(H,29,35)(H,30,33)(H,31,34)(H,36,37). The van der Waals surface area contributed by atoms with Crippen molar-refractivity contribution in [1.82, 2.24) is 20.9 Å². The number of aromatic nitrogens is 1. The maximum atomic E-state index is 12.9. The van der Waals surface area contributed by atoms with Gasteiger partial charge in [0.05, 0.1) is 12.6 Å².